The van der Waals surface area contributed by atoms with Crippen molar-refractivity contribution in [2.45, 2.75) is 19.4 Å². The van der Waals surface area contributed by atoms with Crippen molar-refractivity contribution in [3.05, 3.63) is 54.4 Å². The highest BCUT2D eigenvalue weighted by molar-refractivity contribution is 7.91. The van der Waals surface area contributed by atoms with Gasteiger partial charge >= 0.3 is 0 Å². The minimum absolute atomic E-state index is 0.00350. The molecule has 1 atom stereocenters. The molecule has 6 nitrogen and oxygen atoms in total. The zero-order chi connectivity index (χ0) is 17.9. The Balaban J connectivity index is 1.78. The van der Waals surface area contributed by atoms with E-state index < -0.39 is 9.84 Å². The predicted molar refractivity (Wildman–Crippen MR) is 97.9 cm³/mol. The number of sulfone groups is 1. The molecule has 1 aliphatic rings. The lowest BCUT2D eigenvalue weighted by Crippen LogP contribution is -2.36. The number of aromatic nitrogens is 1. The normalized spacial score (nSPS) is 18.7. The molecular weight excluding hydrogens is 338 g/mol. The largest absolute Gasteiger partial charge is 0.347 e. The first-order valence-corrected chi connectivity index (χ1v) is 10.1. The number of amides is 1. The maximum Gasteiger partial charge on any atom is 0.270 e. The molecule has 0 saturated carbocycles. The van der Waals surface area contributed by atoms with Crippen LogP contribution < -0.4 is 10.2 Å². The van der Waals surface area contributed by atoms with E-state index in [2.05, 4.69) is 15.2 Å². The molecule has 1 fully saturated rings. The van der Waals surface area contributed by atoms with Gasteiger partial charge in [-0.3, -0.25) is 9.78 Å². The third kappa shape index (κ3) is 4.17. The fourth-order valence-corrected chi connectivity index (χ4v) is 4.68. The van der Waals surface area contributed by atoms with Crippen molar-refractivity contribution >= 4 is 27.1 Å². The molecule has 7 heteroatoms. The van der Waals surface area contributed by atoms with Gasteiger partial charge in [-0.2, -0.15) is 0 Å². The highest BCUT2D eigenvalue weighted by atomic mass is 32.2. The van der Waals surface area contributed by atoms with Crippen LogP contribution in [0.15, 0.2) is 48.7 Å². The van der Waals surface area contributed by atoms with Crippen LogP contribution >= 0.6 is 0 Å². The molecule has 2 aromatic rings. The lowest BCUT2D eigenvalue weighted by atomic mass is 10.2. The van der Waals surface area contributed by atoms with Crippen LogP contribution in [0.25, 0.3) is 0 Å². The number of nitrogens with one attached hydrogen (secondary N) is 1. The van der Waals surface area contributed by atoms with Crippen LogP contribution in [0, 0.1) is 0 Å². The van der Waals surface area contributed by atoms with Crippen molar-refractivity contribution in [3.8, 4) is 0 Å². The molecule has 2 heterocycles. The van der Waals surface area contributed by atoms with E-state index in [9.17, 15) is 13.2 Å². The van der Waals surface area contributed by atoms with Gasteiger partial charge in [0.15, 0.2) is 9.84 Å². The maximum atomic E-state index is 12.4. The Morgan fingerprint density at radius 1 is 1.24 bits per heavy atom. The highest BCUT2D eigenvalue weighted by Gasteiger charge is 2.29. The lowest BCUT2D eigenvalue weighted by molar-refractivity contribution is 0.0936. The van der Waals surface area contributed by atoms with E-state index in [1.807, 2.05) is 43.3 Å². The summed E-state index contributed by atoms with van der Waals surface area (Å²) in [7, 11) is -3.03. The Labute approximate surface area is 147 Å². The second-order valence-corrected chi connectivity index (χ2v) is 8.28. The van der Waals surface area contributed by atoms with Crippen molar-refractivity contribution < 1.29 is 13.2 Å². The number of hydrogen-bond acceptors (Lipinski definition) is 5. The maximum absolute atomic E-state index is 12.4. The van der Waals surface area contributed by atoms with Gasteiger partial charge in [0.2, 0.25) is 0 Å². The summed E-state index contributed by atoms with van der Waals surface area (Å²) in [6, 6.07) is 13.2. The fraction of sp³-hybridized carbons (Fsp3) is 0.333. The quantitative estimate of drug-likeness (QED) is 0.885. The Morgan fingerprint density at radius 3 is 2.64 bits per heavy atom. The highest BCUT2D eigenvalue weighted by Crippen LogP contribution is 2.25. The number of hydrogen-bond donors (Lipinski definition) is 1. The van der Waals surface area contributed by atoms with Crippen LogP contribution in [0.5, 0.6) is 0 Å². The predicted octanol–water partition coefficient (Wildman–Crippen LogP) is 2.16. The number of pyridine rings is 1. The van der Waals surface area contributed by atoms with Crippen LogP contribution in [-0.2, 0) is 9.84 Å². The van der Waals surface area contributed by atoms with E-state index in [1.165, 1.54) is 0 Å². The SMILES string of the molecule is CCN(c1ccccc1)c1ccnc(C(=O)NC2CCS(=O)(=O)C2)c1. The second-order valence-electron chi connectivity index (χ2n) is 6.05. The van der Waals surface area contributed by atoms with Crippen molar-refractivity contribution in [2.24, 2.45) is 0 Å². The molecule has 25 heavy (non-hydrogen) atoms. The first-order valence-electron chi connectivity index (χ1n) is 8.28. The average molecular weight is 359 g/mol. The van der Waals surface area contributed by atoms with Gasteiger partial charge in [-0.25, -0.2) is 8.42 Å². The minimum atomic E-state index is -3.03. The summed E-state index contributed by atoms with van der Waals surface area (Å²) in [5.74, 6) is -0.208. The summed E-state index contributed by atoms with van der Waals surface area (Å²) in [6.45, 7) is 2.78. The molecule has 0 radical (unpaired) electrons. The third-order valence-electron chi connectivity index (χ3n) is 4.24. The van der Waals surface area contributed by atoms with Crippen LogP contribution in [0.4, 0.5) is 11.4 Å². The van der Waals surface area contributed by atoms with E-state index in [1.54, 1.807) is 12.3 Å². The molecule has 0 spiro atoms. The van der Waals surface area contributed by atoms with Crippen molar-refractivity contribution in [1.82, 2.24) is 10.3 Å². The van der Waals surface area contributed by atoms with Crippen LogP contribution in [0.3, 0.4) is 0 Å². The van der Waals surface area contributed by atoms with Crippen molar-refractivity contribution in [2.75, 3.05) is 23.0 Å². The summed E-state index contributed by atoms with van der Waals surface area (Å²) < 4.78 is 23.0. The number of para-hydroxylation sites is 1. The third-order valence-corrected chi connectivity index (χ3v) is 6.01. The molecule has 0 bridgehead atoms. The number of rotatable bonds is 5. The molecule has 3 rings (SSSR count). The van der Waals surface area contributed by atoms with Gasteiger partial charge in [0.1, 0.15) is 5.69 Å². The minimum Gasteiger partial charge on any atom is -0.347 e. The second kappa shape index (κ2) is 7.23. The zero-order valence-electron chi connectivity index (χ0n) is 14.1. The summed E-state index contributed by atoms with van der Waals surface area (Å²) in [5.41, 5.74) is 2.19. The molecule has 1 amide bonds. The number of carbonyl (C=O) groups is 1. The molecule has 1 aromatic heterocycles. The Kier molecular flexibility index (Phi) is 5.03. The van der Waals surface area contributed by atoms with Crippen LogP contribution in [0.2, 0.25) is 0 Å². The summed E-state index contributed by atoms with van der Waals surface area (Å²) in [5, 5.41) is 2.78. The zero-order valence-corrected chi connectivity index (χ0v) is 14.9. The number of benzene rings is 1. The van der Waals surface area contributed by atoms with Crippen molar-refractivity contribution in [3.63, 3.8) is 0 Å². The smallest absolute Gasteiger partial charge is 0.270 e. The van der Waals surface area contributed by atoms with Gasteiger partial charge in [-0.1, -0.05) is 18.2 Å². The van der Waals surface area contributed by atoms with Gasteiger partial charge in [0, 0.05) is 30.2 Å². The van der Waals surface area contributed by atoms with Gasteiger partial charge in [-0.15, -0.1) is 0 Å². The van der Waals surface area contributed by atoms with E-state index in [-0.39, 0.29) is 29.1 Å². The van der Waals surface area contributed by atoms with Gasteiger partial charge in [0.25, 0.3) is 5.91 Å². The lowest BCUT2D eigenvalue weighted by Gasteiger charge is -2.23. The van der Waals surface area contributed by atoms with Crippen molar-refractivity contribution in [1.29, 1.82) is 0 Å². The number of carbonyl (C=O) groups excluding carboxylic acids is 1. The molecule has 1 saturated heterocycles. The molecule has 0 aliphatic carbocycles. The van der Waals surface area contributed by atoms with E-state index in [4.69, 9.17) is 0 Å². The summed E-state index contributed by atoms with van der Waals surface area (Å²) in [6.07, 6.45) is 2.06. The summed E-state index contributed by atoms with van der Waals surface area (Å²) >= 11 is 0. The Hall–Kier alpha value is -2.41. The van der Waals surface area contributed by atoms with Gasteiger partial charge < -0.3 is 10.2 Å². The van der Waals surface area contributed by atoms with E-state index in [0.29, 0.717) is 6.42 Å². The fourth-order valence-electron chi connectivity index (χ4n) is 3.00. The number of nitrogens with zero attached hydrogens (tertiary/aromatic N) is 2. The van der Waals surface area contributed by atoms with Gasteiger partial charge in [0.05, 0.1) is 11.5 Å². The Morgan fingerprint density at radius 2 is 2.00 bits per heavy atom. The summed E-state index contributed by atoms with van der Waals surface area (Å²) in [4.78, 5) is 18.6. The van der Waals surface area contributed by atoms with E-state index >= 15 is 0 Å². The Bertz CT molecular complexity index is 853. The number of anilines is 2. The van der Waals surface area contributed by atoms with Gasteiger partial charge in [-0.05, 0) is 37.6 Å². The standard InChI is InChI=1S/C18H21N3O3S/c1-2-21(15-6-4-3-5-7-15)16-8-10-19-17(12-16)18(22)20-14-9-11-25(23,24)13-14/h3-8,10,12,14H,2,9,11,13H2,1H3,(H,20,22). The molecule has 1 N–H and O–H groups in total. The molecule has 1 aliphatic heterocycles. The molecule has 132 valence electrons. The molecule has 1 aromatic carbocycles. The topological polar surface area (TPSA) is 79.4 Å². The first kappa shape index (κ1) is 17.4. The molecular formula is C18H21N3O3S. The average Bonchev–Trinajstić information content (AvgIpc) is 2.95. The van der Waals surface area contributed by atoms with Crippen LogP contribution in [0.1, 0.15) is 23.8 Å². The van der Waals surface area contributed by atoms with Crippen LogP contribution in [-0.4, -0.2) is 43.4 Å². The monoisotopic (exact) mass is 359 g/mol. The first-order chi connectivity index (χ1) is 12.0. The molecule has 1 unspecified atom stereocenters. The van der Waals surface area contributed by atoms with E-state index in [0.717, 1.165) is 17.9 Å².